The summed E-state index contributed by atoms with van der Waals surface area (Å²) in [4.78, 5) is 23.2. The van der Waals surface area contributed by atoms with Crippen molar-refractivity contribution in [3.63, 3.8) is 0 Å². The molecule has 1 rings (SSSR count). The first kappa shape index (κ1) is 16.4. The summed E-state index contributed by atoms with van der Waals surface area (Å²) in [5.41, 5.74) is -0.0103. The van der Waals surface area contributed by atoms with E-state index >= 15 is 0 Å². The number of carbonyl (C=O) groups is 2. The van der Waals surface area contributed by atoms with Gasteiger partial charge in [-0.2, -0.15) is 8.78 Å². The summed E-state index contributed by atoms with van der Waals surface area (Å²) in [6.07, 6.45) is 0.0639. The second-order valence-corrected chi connectivity index (χ2v) is 4.05. The highest BCUT2D eigenvalue weighted by atomic mass is 35.5. The van der Waals surface area contributed by atoms with Gasteiger partial charge in [-0.1, -0.05) is 6.07 Å². The van der Waals surface area contributed by atoms with Gasteiger partial charge in [0.1, 0.15) is 11.3 Å². The maximum atomic E-state index is 12.4. The fourth-order valence-corrected chi connectivity index (χ4v) is 1.67. The van der Waals surface area contributed by atoms with Gasteiger partial charge < -0.3 is 9.47 Å². The van der Waals surface area contributed by atoms with Crippen molar-refractivity contribution in [2.75, 3.05) is 12.5 Å². The molecule has 0 unspecified atom stereocenters. The van der Waals surface area contributed by atoms with Crippen LogP contribution < -0.4 is 4.74 Å². The van der Waals surface area contributed by atoms with E-state index in [-0.39, 0.29) is 41.6 Å². The van der Waals surface area contributed by atoms with Crippen molar-refractivity contribution in [3.05, 3.63) is 29.3 Å². The Morgan fingerprint density at radius 2 is 2.05 bits per heavy atom. The van der Waals surface area contributed by atoms with Crippen molar-refractivity contribution in [2.24, 2.45) is 0 Å². The van der Waals surface area contributed by atoms with Crippen LogP contribution in [0, 0.1) is 0 Å². The molecule has 0 fully saturated rings. The smallest absolute Gasteiger partial charge is 0.387 e. The molecule has 0 spiro atoms. The Morgan fingerprint density at radius 1 is 1.35 bits per heavy atom. The quantitative estimate of drug-likeness (QED) is 0.441. The third-order valence-corrected chi connectivity index (χ3v) is 2.53. The highest BCUT2D eigenvalue weighted by Crippen LogP contribution is 2.24. The van der Waals surface area contributed by atoms with Gasteiger partial charge in [0.15, 0.2) is 5.78 Å². The van der Waals surface area contributed by atoms with Crippen LogP contribution in [-0.2, 0) is 4.74 Å². The molecule has 110 valence electrons. The number of benzene rings is 1. The van der Waals surface area contributed by atoms with Gasteiger partial charge >= 0.3 is 12.6 Å². The Labute approximate surface area is 119 Å². The number of rotatable bonds is 7. The fourth-order valence-electron chi connectivity index (χ4n) is 1.50. The van der Waals surface area contributed by atoms with E-state index in [2.05, 4.69) is 4.74 Å². The molecule has 1 aromatic rings. The zero-order valence-electron chi connectivity index (χ0n) is 10.7. The van der Waals surface area contributed by atoms with Crippen molar-refractivity contribution in [2.45, 2.75) is 20.0 Å². The van der Waals surface area contributed by atoms with Gasteiger partial charge in [-0.15, -0.1) is 11.6 Å². The minimum atomic E-state index is -3.11. The van der Waals surface area contributed by atoms with Gasteiger partial charge in [0.25, 0.3) is 0 Å². The lowest BCUT2D eigenvalue weighted by molar-refractivity contribution is -0.0504. The third kappa shape index (κ3) is 4.45. The average molecular weight is 307 g/mol. The summed E-state index contributed by atoms with van der Waals surface area (Å²) < 4.78 is 33.7. The maximum Gasteiger partial charge on any atom is 0.387 e. The van der Waals surface area contributed by atoms with Gasteiger partial charge in [0.2, 0.25) is 0 Å². The molecule has 0 aliphatic rings. The van der Waals surface area contributed by atoms with E-state index < -0.39 is 12.6 Å². The molecule has 0 heterocycles. The normalized spacial score (nSPS) is 10.4. The SMILES string of the molecule is CCOC(=O)c1ccc(C(=O)CCCl)cc1OC(F)F. The summed E-state index contributed by atoms with van der Waals surface area (Å²) in [6, 6.07) is 3.66. The molecule has 4 nitrogen and oxygen atoms in total. The molecule has 0 saturated heterocycles. The summed E-state index contributed by atoms with van der Waals surface area (Å²) in [7, 11) is 0. The average Bonchev–Trinajstić information content (AvgIpc) is 2.38. The van der Waals surface area contributed by atoms with Gasteiger partial charge in [0.05, 0.1) is 6.61 Å². The van der Waals surface area contributed by atoms with Crippen molar-refractivity contribution < 1.29 is 27.8 Å². The van der Waals surface area contributed by atoms with Crippen molar-refractivity contribution in [1.82, 2.24) is 0 Å². The van der Waals surface area contributed by atoms with Crippen LogP contribution in [0.2, 0.25) is 0 Å². The van der Waals surface area contributed by atoms with Gasteiger partial charge in [0, 0.05) is 17.9 Å². The lowest BCUT2D eigenvalue weighted by atomic mass is 10.1. The molecule has 0 atom stereocenters. The van der Waals surface area contributed by atoms with Gasteiger partial charge in [-0.05, 0) is 19.1 Å². The number of hydrogen-bond acceptors (Lipinski definition) is 4. The number of ketones is 1. The zero-order chi connectivity index (χ0) is 15.1. The monoisotopic (exact) mass is 306 g/mol. The Morgan fingerprint density at radius 3 is 2.60 bits per heavy atom. The second kappa shape index (κ2) is 7.79. The number of esters is 1. The number of carbonyl (C=O) groups excluding carboxylic acids is 2. The van der Waals surface area contributed by atoms with Crippen molar-refractivity contribution in [3.8, 4) is 5.75 Å². The molecule has 0 radical (unpaired) electrons. The van der Waals surface area contributed by atoms with E-state index in [0.29, 0.717) is 0 Å². The molecule has 1 aromatic carbocycles. The molecular formula is C13H13ClF2O4. The minimum absolute atomic E-state index is 0.0639. The van der Waals surface area contributed by atoms with E-state index in [1.54, 1.807) is 6.92 Å². The lowest BCUT2D eigenvalue weighted by Gasteiger charge is -2.11. The Balaban J connectivity index is 3.12. The summed E-state index contributed by atoms with van der Waals surface area (Å²) in [6.45, 7) is -1.43. The van der Waals surface area contributed by atoms with Crippen LogP contribution in [0.4, 0.5) is 8.78 Å². The number of halogens is 3. The summed E-state index contributed by atoms with van der Waals surface area (Å²) in [5.74, 6) is -1.39. The van der Waals surface area contributed by atoms with Crippen LogP contribution >= 0.6 is 11.6 Å². The molecule has 0 amide bonds. The first-order valence-electron chi connectivity index (χ1n) is 5.84. The van der Waals surface area contributed by atoms with Gasteiger partial charge in [-0.3, -0.25) is 4.79 Å². The maximum absolute atomic E-state index is 12.4. The van der Waals surface area contributed by atoms with E-state index in [1.165, 1.54) is 12.1 Å². The van der Waals surface area contributed by atoms with Crippen LogP contribution in [-0.4, -0.2) is 30.9 Å². The number of hydrogen-bond donors (Lipinski definition) is 0. The van der Waals surface area contributed by atoms with Crippen LogP contribution in [0.1, 0.15) is 34.1 Å². The topological polar surface area (TPSA) is 52.6 Å². The number of ether oxygens (including phenoxy) is 2. The lowest BCUT2D eigenvalue weighted by Crippen LogP contribution is -2.12. The number of Topliss-reactive ketones (excluding diaryl/α,β-unsaturated/α-hetero) is 1. The van der Waals surface area contributed by atoms with Crippen LogP contribution in [0.5, 0.6) is 5.75 Å². The molecule has 0 aliphatic heterocycles. The summed E-state index contributed by atoms with van der Waals surface area (Å²) >= 11 is 5.45. The molecule has 0 aliphatic carbocycles. The predicted octanol–water partition coefficient (Wildman–Crippen LogP) is 3.28. The highest BCUT2D eigenvalue weighted by molar-refractivity contribution is 6.19. The van der Waals surface area contributed by atoms with Gasteiger partial charge in [-0.25, -0.2) is 4.79 Å². The molecule has 0 N–H and O–H groups in total. The van der Waals surface area contributed by atoms with E-state index in [0.717, 1.165) is 6.07 Å². The Kier molecular flexibility index (Phi) is 6.38. The Hall–Kier alpha value is -1.69. The number of alkyl halides is 3. The van der Waals surface area contributed by atoms with Crippen molar-refractivity contribution >= 4 is 23.4 Å². The summed E-state index contributed by atoms with van der Waals surface area (Å²) in [5, 5.41) is 0. The highest BCUT2D eigenvalue weighted by Gasteiger charge is 2.19. The first-order valence-corrected chi connectivity index (χ1v) is 6.38. The van der Waals surface area contributed by atoms with Crippen LogP contribution in [0.25, 0.3) is 0 Å². The largest absolute Gasteiger partial charge is 0.462 e. The van der Waals surface area contributed by atoms with Crippen LogP contribution in [0.3, 0.4) is 0 Å². The predicted molar refractivity (Wildman–Crippen MR) is 68.7 cm³/mol. The fraction of sp³-hybridized carbons (Fsp3) is 0.385. The Bertz CT molecular complexity index is 491. The van der Waals surface area contributed by atoms with Crippen molar-refractivity contribution in [1.29, 1.82) is 0 Å². The molecule has 7 heteroatoms. The standard InChI is InChI=1S/C13H13ClF2O4/c1-2-19-12(18)9-4-3-8(10(17)5-6-14)7-11(9)20-13(15)16/h3-4,7,13H,2,5-6H2,1H3. The molecule has 0 aromatic heterocycles. The third-order valence-electron chi connectivity index (χ3n) is 2.34. The molecular weight excluding hydrogens is 294 g/mol. The molecule has 0 saturated carbocycles. The van der Waals surface area contributed by atoms with E-state index in [1.807, 2.05) is 0 Å². The first-order chi connectivity index (χ1) is 9.49. The van der Waals surface area contributed by atoms with E-state index in [4.69, 9.17) is 16.3 Å². The molecule has 20 heavy (non-hydrogen) atoms. The zero-order valence-corrected chi connectivity index (χ0v) is 11.5. The second-order valence-electron chi connectivity index (χ2n) is 3.67. The molecule has 0 bridgehead atoms. The minimum Gasteiger partial charge on any atom is -0.462 e. The van der Waals surface area contributed by atoms with Crippen LogP contribution in [0.15, 0.2) is 18.2 Å². The van der Waals surface area contributed by atoms with E-state index in [9.17, 15) is 18.4 Å².